The highest BCUT2D eigenvalue weighted by molar-refractivity contribution is 7.90. The fourth-order valence-corrected chi connectivity index (χ4v) is 6.35. The number of unbranched alkanes of at least 4 members (excludes halogenated alkanes) is 3. The second kappa shape index (κ2) is 12.5. The number of likely N-dealkylation sites (tertiary alicyclic amines) is 1. The standard InChI is InChI=1S/C27H44N4O8S/c1-26(2,3)39-25(36)29-20(24(35)31-16-17(32)14-21(31)22(28)33)10-8-6-5-7-9-13-27(4)15-19(27)23(34)30-40(37,38)18-11-12-18/h9,13,17-21,32H,5-8,10-12,14-16H2,1-4H3,(H2,28,33)(H,29,36)(H,30,34)/b13-9-/t17-,19-,20+,21+,27?/m1/s1. The first-order valence-corrected chi connectivity index (χ1v) is 15.6. The highest BCUT2D eigenvalue weighted by atomic mass is 32.2. The van der Waals surface area contributed by atoms with Crippen LogP contribution in [0.3, 0.4) is 0 Å². The number of carbonyl (C=O) groups is 4. The van der Waals surface area contributed by atoms with Crippen molar-refractivity contribution in [3.63, 3.8) is 0 Å². The minimum absolute atomic E-state index is 0.0337. The lowest BCUT2D eigenvalue weighted by atomic mass is 10.0. The summed E-state index contributed by atoms with van der Waals surface area (Å²) in [5.41, 5.74) is 4.32. The molecule has 1 saturated heterocycles. The Morgan fingerprint density at radius 2 is 1.85 bits per heavy atom. The van der Waals surface area contributed by atoms with Gasteiger partial charge in [0.2, 0.25) is 27.7 Å². The minimum atomic E-state index is -3.54. The molecule has 1 unspecified atom stereocenters. The summed E-state index contributed by atoms with van der Waals surface area (Å²) in [7, 11) is -3.54. The van der Waals surface area contributed by atoms with Crippen LogP contribution in [-0.4, -0.2) is 77.8 Å². The molecule has 0 radical (unpaired) electrons. The van der Waals surface area contributed by atoms with Gasteiger partial charge in [-0.1, -0.05) is 31.9 Å². The van der Waals surface area contributed by atoms with Crippen LogP contribution in [-0.2, 0) is 29.1 Å². The van der Waals surface area contributed by atoms with Crippen molar-refractivity contribution in [1.29, 1.82) is 0 Å². The Morgan fingerprint density at radius 1 is 1.18 bits per heavy atom. The summed E-state index contributed by atoms with van der Waals surface area (Å²) in [6, 6.07) is -1.87. The predicted molar refractivity (Wildman–Crippen MR) is 147 cm³/mol. The van der Waals surface area contributed by atoms with Crippen LogP contribution in [0.5, 0.6) is 0 Å². The van der Waals surface area contributed by atoms with Gasteiger partial charge in [0, 0.05) is 18.9 Å². The Bertz CT molecular complexity index is 1110. The van der Waals surface area contributed by atoms with Gasteiger partial charge >= 0.3 is 6.09 Å². The third kappa shape index (κ3) is 8.92. The van der Waals surface area contributed by atoms with E-state index >= 15 is 0 Å². The quantitative estimate of drug-likeness (QED) is 0.185. The van der Waals surface area contributed by atoms with Crippen LogP contribution < -0.4 is 15.8 Å². The summed E-state index contributed by atoms with van der Waals surface area (Å²) in [5.74, 6) is -1.98. The fraction of sp³-hybridized carbons (Fsp3) is 0.778. The van der Waals surface area contributed by atoms with Crippen molar-refractivity contribution >= 4 is 33.8 Å². The van der Waals surface area contributed by atoms with Crippen molar-refractivity contribution in [2.45, 2.75) is 115 Å². The molecule has 1 heterocycles. The van der Waals surface area contributed by atoms with Crippen LogP contribution in [0.4, 0.5) is 4.79 Å². The number of primary amides is 1. The Labute approximate surface area is 236 Å². The maximum atomic E-state index is 13.3. The lowest BCUT2D eigenvalue weighted by Crippen LogP contribution is -2.53. The van der Waals surface area contributed by atoms with Gasteiger partial charge in [-0.2, -0.15) is 0 Å². The van der Waals surface area contributed by atoms with Crippen molar-refractivity contribution in [2.75, 3.05) is 6.54 Å². The summed E-state index contributed by atoms with van der Waals surface area (Å²) in [5, 5.41) is 12.2. The van der Waals surface area contributed by atoms with E-state index in [4.69, 9.17) is 10.5 Å². The molecule has 5 N–H and O–H groups in total. The summed E-state index contributed by atoms with van der Waals surface area (Å²) in [6.45, 7) is 7.04. The molecule has 0 aromatic rings. The molecule has 0 aromatic carbocycles. The largest absolute Gasteiger partial charge is 0.444 e. The maximum absolute atomic E-state index is 13.3. The number of aliphatic hydroxyl groups is 1. The summed E-state index contributed by atoms with van der Waals surface area (Å²) in [6.07, 6.45) is 7.45. The van der Waals surface area contributed by atoms with Gasteiger partial charge in [-0.3, -0.25) is 19.1 Å². The summed E-state index contributed by atoms with van der Waals surface area (Å²) >= 11 is 0. The second-order valence-corrected chi connectivity index (χ2v) is 14.5. The van der Waals surface area contributed by atoms with E-state index in [0.717, 1.165) is 19.3 Å². The molecule has 3 rings (SSSR count). The molecular weight excluding hydrogens is 540 g/mol. The maximum Gasteiger partial charge on any atom is 0.408 e. The number of alkyl carbamates (subject to hydrolysis) is 1. The monoisotopic (exact) mass is 584 g/mol. The Kier molecular flexibility index (Phi) is 9.92. The van der Waals surface area contributed by atoms with Crippen molar-refractivity contribution in [3.8, 4) is 0 Å². The first kappa shape index (κ1) is 31.9. The number of nitrogens with two attached hydrogens (primary N) is 1. The highest BCUT2D eigenvalue weighted by Gasteiger charge is 2.54. The van der Waals surface area contributed by atoms with Crippen LogP contribution in [0.15, 0.2) is 12.2 Å². The number of ether oxygens (including phenoxy) is 1. The molecule has 1 aliphatic heterocycles. The van der Waals surface area contributed by atoms with Crippen LogP contribution in [0, 0.1) is 11.3 Å². The van der Waals surface area contributed by atoms with Crippen molar-refractivity contribution < 1.29 is 37.4 Å². The molecule has 0 bridgehead atoms. The number of hydrogen-bond acceptors (Lipinski definition) is 8. The van der Waals surface area contributed by atoms with E-state index in [1.54, 1.807) is 20.8 Å². The lowest BCUT2D eigenvalue weighted by molar-refractivity contribution is -0.139. The Hall–Kier alpha value is -2.67. The molecule has 2 aliphatic carbocycles. The molecular formula is C27H44N4O8S. The summed E-state index contributed by atoms with van der Waals surface area (Å²) < 4.78 is 31.6. The predicted octanol–water partition coefficient (Wildman–Crippen LogP) is 1.47. The molecule has 4 amide bonds. The van der Waals surface area contributed by atoms with Gasteiger partial charge in [-0.25, -0.2) is 13.2 Å². The number of rotatable bonds is 13. The number of carbonyl (C=O) groups excluding carboxylic acids is 4. The smallest absolute Gasteiger partial charge is 0.408 e. The van der Waals surface area contributed by atoms with Crippen molar-refractivity contribution in [2.24, 2.45) is 17.1 Å². The number of amides is 4. The number of allylic oxidation sites excluding steroid dienone is 2. The van der Waals surface area contributed by atoms with Gasteiger partial charge in [0.05, 0.1) is 11.4 Å². The molecule has 0 spiro atoms. The lowest BCUT2D eigenvalue weighted by Gasteiger charge is -2.28. The third-order valence-electron chi connectivity index (χ3n) is 7.54. The fourth-order valence-electron chi connectivity index (χ4n) is 5.00. The SMILES string of the molecule is CC(C)(C)OC(=O)N[C@@H](CCCCC/C=C\C1(C)C[C@@H]1C(=O)NS(=O)(=O)C1CC1)C(=O)N1C[C@H](O)C[C@H]1C(N)=O. The molecule has 5 atom stereocenters. The number of nitrogens with zero attached hydrogens (tertiary/aromatic N) is 1. The molecule has 40 heavy (non-hydrogen) atoms. The third-order valence-corrected chi connectivity index (χ3v) is 9.38. The molecule has 226 valence electrons. The van der Waals surface area contributed by atoms with Crippen LogP contribution in [0.2, 0.25) is 0 Å². The second-order valence-electron chi connectivity index (χ2n) is 12.5. The van der Waals surface area contributed by atoms with Gasteiger partial charge in [-0.05, 0) is 64.7 Å². The molecule has 2 saturated carbocycles. The van der Waals surface area contributed by atoms with Gasteiger partial charge in [0.1, 0.15) is 17.7 Å². The topological polar surface area (TPSA) is 185 Å². The van der Waals surface area contributed by atoms with Crippen LogP contribution >= 0.6 is 0 Å². The van der Waals surface area contributed by atoms with Gasteiger partial charge in [0.25, 0.3) is 0 Å². The molecule has 13 heteroatoms. The minimum Gasteiger partial charge on any atom is -0.444 e. The highest BCUT2D eigenvalue weighted by Crippen LogP contribution is 2.53. The zero-order chi connectivity index (χ0) is 29.9. The van der Waals surface area contributed by atoms with E-state index in [0.29, 0.717) is 32.1 Å². The first-order chi connectivity index (χ1) is 18.5. The van der Waals surface area contributed by atoms with E-state index in [-0.39, 0.29) is 24.3 Å². The average Bonchev–Trinajstić information content (AvgIpc) is 3.74. The van der Waals surface area contributed by atoms with Crippen LogP contribution in [0.1, 0.15) is 85.5 Å². The van der Waals surface area contributed by atoms with Crippen molar-refractivity contribution in [1.82, 2.24) is 14.9 Å². The number of hydrogen-bond donors (Lipinski definition) is 4. The van der Waals surface area contributed by atoms with Crippen molar-refractivity contribution in [3.05, 3.63) is 12.2 Å². The van der Waals surface area contributed by atoms with Crippen LogP contribution in [0.25, 0.3) is 0 Å². The first-order valence-electron chi connectivity index (χ1n) is 14.0. The van der Waals surface area contributed by atoms with Gasteiger partial charge in [0.15, 0.2) is 0 Å². The van der Waals surface area contributed by atoms with E-state index in [9.17, 15) is 32.7 Å². The van der Waals surface area contributed by atoms with Gasteiger partial charge in [-0.15, -0.1) is 0 Å². The van der Waals surface area contributed by atoms with E-state index < -0.39 is 62.9 Å². The Balaban J connectivity index is 1.46. The number of nitrogens with one attached hydrogen (secondary N) is 2. The zero-order valence-corrected chi connectivity index (χ0v) is 24.7. The number of aliphatic hydroxyl groups excluding tert-OH is 1. The van der Waals surface area contributed by atoms with E-state index in [2.05, 4.69) is 10.0 Å². The molecule has 12 nitrogen and oxygen atoms in total. The number of β-amino-alcohol motifs (C(OH)–C–C–N with tert-alkyl or cyclic N) is 1. The molecule has 0 aromatic heterocycles. The van der Waals surface area contributed by atoms with E-state index in [1.165, 1.54) is 4.90 Å². The summed E-state index contributed by atoms with van der Waals surface area (Å²) in [4.78, 5) is 51.1. The zero-order valence-electron chi connectivity index (χ0n) is 23.9. The van der Waals surface area contributed by atoms with E-state index in [1.807, 2.05) is 19.1 Å². The number of sulfonamides is 1. The molecule has 3 fully saturated rings. The van der Waals surface area contributed by atoms with Gasteiger partial charge < -0.3 is 25.8 Å². The normalized spacial score (nSPS) is 27.3. The Morgan fingerprint density at radius 3 is 2.45 bits per heavy atom. The average molecular weight is 585 g/mol. The molecule has 3 aliphatic rings.